The predicted octanol–water partition coefficient (Wildman–Crippen LogP) is 1.01. The molecule has 0 aromatic rings. The Hall–Kier alpha value is -1.30. The maximum Gasteiger partial charge on any atom is 0.326 e. The van der Waals surface area contributed by atoms with Gasteiger partial charge in [-0.15, -0.1) is 0 Å². The number of amides is 2. The number of piperidine rings is 1. The van der Waals surface area contributed by atoms with Gasteiger partial charge in [-0.1, -0.05) is 0 Å². The molecule has 0 aliphatic carbocycles. The van der Waals surface area contributed by atoms with Crippen molar-refractivity contribution in [3.8, 4) is 0 Å². The van der Waals surface area contributed by atoms with Crippen LogP contribution < -0.4 is 0 Å². The van der Waals surface area contributed by atoms with E-state index in [4.69, 9.17) is 9.84 Å². The topological polar surface area (TPSA) is 70.1 Å². The van der Waals surface area contributed by atoms with E-state index < -0.39 is 12.0 Å². The Labute approximate surface area is 113 Å². The van der Waals surface area contributed by atoms with Gasteiger partial charge in [-0.2, -0.15) is 0 Å². The minimum absolute atomic E-state index is 0.110. The van der Waals surface area contributed by atoms with Crippen molar-refractivity contribution in [2.24, 2.45) is 5.92 Å². The number of hydrogen-bond acceptors (Lipinski definition) is 3. The van der Waals surface area contributed by atoms with Crippen molar-refractivity contribution in [1.82, 2.24) is 9.80 Å². The fourth-order valence-electron chi connectivity index (χ4n) is 2.96. The number of carboxylic acid groups (broad SMARTS) is 1. The molecule has 19 heavy (non-hydrogen) atoms. The lowest BCUT2D eigenvalue weighted by molar-refractivity contribution is -0.141. The number of urea groups is 1. The molecule has 0 unspecified atom stereocenters. The average molecular weight is 270 g/mol. The first-order valence-corrected chi connectivity index (χ1v) is 6.90. The molecule has 2 heterocycles. The SMILES string of the molecule is COCC1CCN(C(=O)N2CCC[C@H]2C(=O)O)CC1. The Kier molecular flexibility index (Phi) is 4.63. The van der Waals surface area contributed by atoms with E-state index in [0.717, 1.165) is 25.9 Å². The zero-order valence-electron chi connectivity index (χ0n) is 11.4. The van der Waals surface area contributed by atoms with Crippen LogP contribution in [0.4, 0.5) is 4.79 Å². The summed E-state index contributed by atoms with van der Waals surface area (Å²) in [4.78, 5) is 26.7. The molecule has 108 valence electrons. The van der Waals surface area contributed by atoms with Crippen molar-refractivity contribution >= 4 is 12.0 Å². The van der Waals surface area contributed by atoms with Crippen LogP contribution in [0.25, 0.3) is 0 Å². The van der Waals surface area contributed by atoms with Gasteiger partial charge in [0.15, 0.2) is 0 Å². The lowest BCUT2D eigenvalue weighted by Gasteiger charge is -2.35. The number of nitrogens with zero attached hydrogens (tertiary/aromatic N) is 2. The molecule has 6 nitrogen and oxygen atoms in total. The number of carbonyl (C=O) groups is 2. The van der Waals surface area contributed by atoms with Gasteiger partial charge in [0, 0.05) is 33.4 Å². The first-order valence-electron chi connectivity index (χ1n) is 6.90. The maximum absolute atomic E-state index is 12.3. The minimum atomic E-state index is -0.889. The Morgan fingerprint density at radius 1 is 1.21 bits per heavy atom. The Morgan fingerprint density at radius 2 is 1.89 bits per heavy atom. The Morgan fingerprint density at radius 3 is 2.47 bits per heavy atom. The molecule has 6 heteroatoms. The van der Waals surface area contributed by atoms with E-state index >= 15 is 0 Å². The number of rotatable bonds is 3. The third kappa shape index (κ3) is 3.18. The summed E-state index contributed by atoms with van der Waals surface area (Å²) in [7, 11) is 1.69. The van der Waals surface area contributed by atoms with E-state index in [1.54, 1.807) is 12.0 Å². The second kappa shape index (κ2) is 6.23. The van der Waals surface area contributed by atoms with E-state index in [-0.39, 0.29) is 6.03 Å². The molecule has 2 fully saturated rings. The number of hydrogen-bond donors (Lipinski definition) is 1. The van der Waals surface area contributed by atoms with Crippen molar-refractivity contribution in [2.45, 2.75) is 31.7 Å². The number of likely N-dealkylation sites (tertiary alicyclic amines) is 2. The third-order valence-corrected chi connectivity index (χ3v) is 4.07. The summed E-state index contributed by atoms with van der Waals surface area (Å²) in [6, 6.07) is -0.745. The smallest absolute Gasteiger partial charge is 0.326 e. The van der Waals surface area contributed by atoms with E-state index in [1.165, 1.54) is 4.90 Å². The molecule has 0 spiro atoms. The zero-order chi connectivity index (χ0) is 13.8. The summed E-state index contributed by atoms with van der Waals surface area (Å²) in [5.41, 5.74) is 0. The van der Waals surface area contributed by atoms with Gasteiger partial charge in [-0.05, 0) is 31.6 Å². The van der Waals surface area contributed by atoms with Crippen LogP contribution in [0, 0.1) is 5.92 Å². The summed E-state index contributed by atoms with van der Waals surface area (Å²) in [6.07, 6.45) is 3.22. The number of methoxy groups -OCH3 is 1. The highest BCUT2D eigenvalue weighted by Gasteiger charge is 2.37. The van der Waals surface area contributed by atoms with Crippen molar-refractivity contribution in [3.05, 3.63) is 0 Å². The van der Waals surface area contributed by atoms with Crippen molar-refractivity contribution in [1.29, 1.82) is 0 Å². The molecule has 0 aromatic carbocycles. The second-order valence-electron chi connectivity index (χ2n) is 5.36. The molecule has 2 aliphatic rings. The van der Waals surface area contributed by atoms with E-state index in [9.17, 15) is 9.59 Å². The van der Waals surface area contributed by atoms with Gasteiger partial charge in [0.25, 0.3) is 0 Å². The fraction of sp³-hybridized carbons (Fsp3) is 0.846. The summed E-state index contributed by atoms with van der Waals surface area (Å²) in [6.45, 7) is 2.71. The molecule has 0 saturated carbocycles. The second-order valence-corrected chi connectivity index (χ2v) is 5.36. The van der Waals surface area contributed by atoms with Gasteiger partial charge < -0.3 is 19.6 Å². The van der Waals surface area contributed by atoms with Crippen LogP contribution in [0.1, 0.15) is 25.7 Å². The molecular weight excluding hydrogens is 248 g/mol. The highest BCUT2D eigenvalue weighted by atomic mass is 16.5. The van der Waals surface area contributed by atoms with Gasteiger partial charge >= 0.3 is 12.0 Å². The van der Waals surface area contributed by atoms with E-state index in [0.29, 0.717) is 32.0 Å². The van der Waals surface area contributed by atoms with Crippen LogP contribution in [0.2, 0.25) is 0 Å². The first-order chi connectivity index (χ1) is 9.13. The normalized spacial score (nSPS) is 24.8. The largest absolute Gasteiger partial charge is 0.480 e. The average Bonchev–Trinajstić information content (AvgIpc) is 2.88. The van der Waals surface area contributed by atoms with Gasteiger partial charge in [-0.25, -0.2) is 9.59 Å². The van der Waals surface area contributed by atoms with Crippen molar-refractivity contribution < 1.29 is 19.4 Å². The summed E-state index contributed by atoms with van der Waals surface area (Å²) >= 11 is 0. The van der Waals surface area contributed by atoms with Gasteiger partial charge in [0.1, 0.15) is 6.04 Å². The van der Waals surface area contributed by atoms with Crippen LogP contribution in [-0.4, -0.2) is 66.3 Å². The maximum atomic E-state index is 12.3. The molecule has 0 bridgehead atoms. The van der Waals surface area contributed by atoms with Crippen LogP contribution in [0.15, 0.2) is 0 Å². The molecule has 1 N–H and O–H groups in total. The quantitative estimate of drug-likeness (QED) is 0.831. The van der Waals surface area contributed by atoms with Gasteiger partial charge in [-0.3, -0.25) is 0 Å². The standard InChI is InChI=1S/C13H22N2O4/c1-19-9-10-4-7-14(8-5-10)13(18)15-6-2-3-11(15)12(16)17/h10-11H,2-9H2,1H3,(H,16,17)/t11-/m0/s1. The number of carboxylic acids is 1. The molecule has 0 aromatic heterocycles. The monoisotopic (exact) mass is 270 g/mol. The van der Waals surface area contributed by atoms with Gasteiger partial charge in [0.05, 0.1) is 0 Å². The van der Waals surface area contributed by atoms with Crippen LogP contribution >= 0.6 is 0 Å². The summed E-state index contributed by atoms with van der Waals surface area (Å²) in [5, 5.41) is 9.11. The minimum Gasteiger partial charge on any atom is -0.480 e. The molecule has 0 radical (unpaired) electrons. The lowest BCUT2D eigenvalue weighted by Crippen LogP contribution is -2.50. The highest BCUT2D eigenvalue weighted by Crippen LogP contribution is 2.23. The molecule has 2 rings (SSSR count). The number of aliphatic carboxylic acids is 1. The lowest BCUT2D eigenvalue weighted by atomic mass is 9.98. The molecule has 2 aliphatic heterocycles. The molecule has 2 saturated heterocycles. The zero-order valence-corrected chi connectivity index (χ0v) is 11.4. The number of carbonyl (C=O) groups excluding carboxylic acids is 1. The van der Waals surface area contributed by atoms with Crippen molar-refractivity contribution in [2.75, 3.05) is 33.4 Å². The first kappa shape index (κ1) is 14.1. The number of ether oxygens (including phenoxy) is 1. The predicted molar refractivity (Wildman–Crippen MR) is 68.9 cm³/mol. The Balaban J connectivity index is 1.89. The van der Waals surface area contributed by atoms with E-state index in [1.807, 2.05) is 0 Å². The van der Waals surface area contributed by atoms with Crippen LogP contribution in [0.5, 0.6) is 0 Å². The van der Waals surface area contributed by atoms with E-state index in [2.05, 4.69) is 0 Å². The fourth-order valence-corrected chi connectivity index (χ4v) is 2.96. The summed E-state index contributed by atoms with van der Waals surface area (Å²) in [5.74, 6) is -0.372. The molecular formula is C13H22N2O4. The third-order valence-electron chi connectivity index (χ3n) is 4.07. The van der Waals surface area contributed by atoms with Crippen LogP contribution in [-0.2, 0) is 9.53 Å². The highest BCUT2D eigenvalue weighted by molar-refractivity contribution is 5.83. The van der Waals surface area contributed by atoms with Gasteiger partial charge in [0.2, 0.25) is 0 Å². The molecule has 2 amide bonds. The molecule has 1 atom stereocenters. The van der Waals surface area contributed by atoms with Crippen LogP contribution in [0.3, 0.4) is 0 Å². The summed E-state index contributed by atoms with van der Waals surface area (Å²) < 4.78 is 5.13. The Bertz CT molecular complexity index is 340. The van der Waals surface area contributed by atoms with Crippen molar-refractivity contribution in [3.63, 3.8) is 0 Å².